The molecule has 0 bridgehead atoms. The fourth-order valence-electron chi connectivity index (χ4n) is 2.97. The van der Waals surface area contributed by atoms with E-state index in [1.54, 1.807) is 4.90 Å². The van der Waals surface area contributed by atoms with Gasteiger partial charge in [-0.05, 0) is 43.9 Å². The van der Waals surface area contributed by atoms with Crippen molar-refractivity contribution in [2.45, 2.75) is 58.6 Å². The van der Waals surface area contributed by atoms with Crippen molar-refractivity contribution in [1.29, 1.82) is 0 Å². The lowest BCUT2D eigenvalue weighted by Gasteiger charge is -2.23. The number of benzene rings is 1. The van der Waals surface area contributed by atoms with E-state index in [4.69, 9.17) is 4.74 Å². The highest BCUT2D eigenvalue weighted by Gasteiger charge is 2.34. The normalized spacial score (nSPS) is 18.8. The molecule has 5 nitrogen and oxygen atoms in total. The van der Waals surface area contributed by atoms with E-state index in [1.165, 1.54) is 5.56 Å². The lowest BCUT2D eigenvalue weighted by Crippen LogP contribution is -2.46. The Balaban J connectivity index is 1.81. The molecule has 2 rings (SSSR count). The van der Waals surface area contributed by atoms with Crippen molar-refractivity contribution in [2.24, 2.45) is 0 Å². The van der Waals surface area contributed by atoms with Crippen LogP contribution in [0.1, 0.15) is 52.0 Å². The first kappa shape index (κ1) is 18.3. The fourth-order valence-corrected chi connectivity index (χ4v) is 2.97. The highest BCUT2D eigenvalue weighted by molar-refractivity contribution is 5.90. The maximum Gasteiger partial charge on any atom is 0.242 e. The van der Waals surface area contributed by atoms with E-state index < -0.39 is 0 Å². The molecule has 2 amide bonds. The number of likely N-dealkylation sites (tertiary alicyclic amines) is 1. The average molecular weight is 332 g/mol. The standard InChI is InChI=1S/C19H28N2O3/c1-5-21-17(10-11-18(21)22)19(23)20-12-14(4)24-16-8-6-15(7-9-16)13(2)3/h6-9,13-14,17H,5,10-12H2,1-4H3,(H,20,23). The highest BCUT2D eigenvalue weighted by Crippen LogP contribution is 2.20. The molecule has 1 aliphatic rings. The summed E-state index contributed by atoms with van der Waals surface area (Å²) < 4.78 is 5.84. The van der Waals surface area contributed by atoms with Gasteiger partial charge in [-0.3, -0.25) is 9.59 Å². The average Bonchev–Trinajstić information content (AvgIpc) is 2.94. The number of hydrogen-bond acceptors (Lipinski definition) is 3. The first-order valence-corrected chi connectivity index (χ1v) is 8.76. The van der Waals surface area contributed by atoms with Crippen LogP contribution in [0.5, 0.6) is 5.75 Å². The summed E-state index contributed by atoms with van der Waals surface area (Å²) in [4.78, 5) is 25.6. The third-order valence-corrected chi connectivity index (χ3v) is 4.42. The molecule has 1 aromatic carbocycles. The summed E-state index contributed by atoms with van der Waals surface area (Å²) in [6, 6.07) is 7.72. The molecular formula is C19H28N2O3. The van der Waals surface area contributed by atoms with E-state index in [2.05, 4.69) is 31.3 Å². The summed E-state index contributed by atoms with van der Waals surface area (Å²) in [5, 5.41) is 2.90. The summed E-state index contributed by atoms with van der Waals surface area (Å²) in [6.07, 6.45) is 0.927. The van der Waals surface area contributed by atoms with Gasteiger partial charge in [-0.2, -0.15) is 0 Å². The third kappa shape index (κ3) is 4.49. The van der Waals surface area contributed by atoms with Crippen molar-refractivity contribution in [1.82, 2.24) is 10.2 Å². The Morgan fingerprint density at radius 2 is 1.96 bits per heavy atom. The van der Waals surface area contributed by atoms with Gasteiger partial charge in [0, 0.05) is 13.0 Å². The molecule has 24 heavy (non-hydrogen) atoms. The van der Waals surface area contributed by atoms with Crippen LogP contribution in [0.2, 0.25) is 0 Å². The maximum atomic E-state index is 12.3. The first-order chi connectivity index (χ1) is 11.4. The van der Waals surface area contributed by atoms with Crippen LogP contribution in [-0.4, -0.2) is 41.9 Å². The van der Waals surface area contributed by atoms with Crippen LogP contribution in [0.15, 0.2) is 24.3 Å². The molecule has 5 heteroatoms. The van der Waals surface area contributed by atoms with E-state index in [0.717, 1.165) is 5.75 Å². The van der Waals surface area contributed by atoms with Crippen LogP contribution in [-0.2, 0) is 9.59 Å². The Hall–Kier alpha value is -2.04. The van der Waals surface area contributed by atoms with Crippen molar-refractivity contribution < 1.29 is 14.3 Å². The zero-order valence-corrected chi connectivity index (χ0v) is 15.0. The SMILES string of the molecule is CCN1C(=O)CCC1C(=O)NCC(C)Oc1ccc(C(C)C)cc1. The van der Waals surface area contributed by atoms with E-state index in [0.29, 0.717) is 31.8 Å². The number of amides is 2. The molecule has 0 aliphatic carbocycles. The number of nitrogens with zero attached hydrogens (tertiary/aromatic N) is 1. The minimum Gasteiger partial charge on any atom is -0.489 e. The van der Waals surface area contributed by atoms with Gasteiger partial charge in [-0.15, -0.1) is 0 Å². The second-order valence-electron chi connectivity index (χ2n) is 6.63. The van der Waals surface area contributed by atoms with Crippen LogP contribution in [0.25, 0.3) is 0 Å². The van der Waals surface area contributed by atoms with Crippen LogP contribution in [0.3, 0.4) is 0 Å². The lowest BCUT2D eigenvalue weighted by molar-refractivity contribution is -0.135. The fraction of sp³-hybridized carbons (Fsp3) is 0.579. The summed E-state index contributed by atoms with van der Waals surface area (Å²) in [7, 11) is 0. The zero-order valence-electron chi connectivity index (χ0n) is 15.0. The molecule has 0 radical (unpaired) electrons. The quantitative estimate of drug-likeness (QED) is 0.835. The number of carbonyl (C=O) groups is 2. The van der Waals surface area contributed by atoms with Gasteiger partial charge in [0.05, 0.1) is 6.54 Å². The van der Waals surface area contributed by atoms with Crippen molar-refractivity contribution >= 4 is 11.8 Å². The largest absolute Gasteiger partial charge is 0.489 e. The molecule has 1 saturated heterocycles. The molecule has 132 valence electrons. The van der Waals surface area contributed by atoms with Gasteiger partial charge in [-0.1, -0.05) is 26.0 Å². The Labute approximate surface area is 144 Å². The molecule has 2 unspecified atom stereocenters. The predicted molar refractivity (Wildman–Crippen MR) is 94.0 cm³/mol. The minimum atomic E-state index is -0.333. The first-order valence-electron chi connectivity index (χ1n) is 8.76. The van der Waals surface area contributed by atoms with Gasteiger partial charge >= 0.3 is 0 Å². The van der Waals surface area contributed by atoms with E-state index in [1.807, 2.05) is 26.0 Å². The molecule has 0 aromatic heterocycles. The molecule has 1 aliphatic heterocycles. The Morgan fingerprint density at radius 3 is 2.54 bits per heavy atom. The molecule has 1 aromatic rings. The molecule has 1 fully saturated rings. The Morgan fingerprint density at radius 1 is 1.29 bits per heavy atom. The predicted octanol–water partition coefficient (Wildman–Crippen LogP) is 2.70. The summed E-state index contributed by atoms with van der Waals surface area (Å²) in [5.41, 5.74) is 1.27. The number of rotatable bonds is 7. The number of likely N-dealkylation sites (N-methyl/N-ethyl adjacent to an activating group) is 1. The van der Waals surface area contributed by atoms with E-state index in [9.17, 15) is 9.59 Å². The van der Waals surface area contributed by atoms with Gasteiger partial charge in [0.1, 0.15) is 17.9 Å². The van der Waals surface area contributed by atoms with Crippen LogP contribution in [0, 0.1) is 0 Å². The maximum absolute atomic E-state index is 12.3. The number of nitrogens with one attached hydrogen (secondary N) is 1. The molecule has 1 heterocycles. The molecule has 2 atom stereocenters. The van der Waals surface area contributed by atoms with Crippen LogP contribution < -0.4 is 10.1 Å². The lowest BCUT2D eigenvalue weighted by atomic mass is 10.0. The summed E-state index contributed by atoms with van der Waals surface area (Å²) in [5.74, 6) is 1.26. The Kier molecular flexibility index (Phi) is 6.23. The van der Waals surface area contributed by atoms with Crippen LogP contribution >= 0.6 is 0 Å². The monoisotopic (exact) mass is 332 g/mol. The number of hydrogen-bond donors (Lipinski definition) is 1. The molecule has 0 saturated carbocycles. The topological polar surface area (TPSA) is 58.6 Å². The van der Waals surface area contributed by atoms with Gasteiger partial charge in [0.2, 0.25) is 11.8 Å². The highest BCUT2D eigenvalue weighted by atomic mass is 16.5. The van der Waals surface area contributed by atoms with Gasteiger partial charge in [0.15, 0.2) is 0 Å². The molecular weight excluding hydrogens is 304 g/mol. The van der Waals surface area contributed by atoms with Crippen LogP contribution in [0.4, 0.5) is 0 Å². The van der Waals surface area contributed by atoms with Gasteiger partial charge < -0.3 is 15.0 Å². The van der Waals surface area contributed by atoms with Crippen molar-refractivity contribution in [2.75, 3.05) is 13.1 Å². The number of carbonyl (C=O) groups excluding carboxylic acids is 2. The number of ether oxygens (including phenoxy) is 1. The van der Waals surface area contributed by atoms with Gasteiger partial charge in [-0.25, -0.2) is 0 Å². The third-order valence-electron chi connectivity index (χ3n) is 4.42. The van der Waals surface area contributed by atoms with E-state index in [-0.39, 0.29) is 24.0 Å². The summed E-state index contributed by atoms with van der Waals surface area (Å²) >= 11 is 0. The van der Waals surface area contributed by atoms with Crippen molar-refractivity contribution in [3.05, 3.63) is 29.8 Å². The molecule has 1 N–H and O–H groups in total. The van der Waals surface area contributed by atoms with Gasteiger partial charge in [0.25, 0.3) is 0 Å². The zero-order chi connectivity index (χ0) is 17.7. The second-order valence-corrected chi connectivity index (χ2v) is 6.63. The summed E-state index contributed by atoms with van der Waals surface area (Å²) in [6.45, 7) is 9.13. The minimum absolute atomic E-state index is 0.0622. The Bertz CT molecular complexity index is 568. The smallest absolute Gasteiger partial charge is 0.242 e. The van der Waals surface area contributed by atoms with E-state index >= 15 is 0 Å². The molecule has 0 spiro atoms. The van der Waals surface area contributed by atoms with Crippen molar-refractivity contribution in [3.8, 4) is 5.75 Å². The second kappa shape index (κ2) is 8.18. The van der Waals surface area contributed by atoms with Crippen molar-refractivity contribution in [3.63, 3.8) is 0 Å².